The standard InChI is InChI=1S/C21H20Cl2F3N5O2/c22-11-7-14(23)17(16(8-11)33-6-2-5-21(24,25)26)18-13-9-31(10-15(13)29-19(27)30-18)20(32)28-12-3-1-4-12/h7-10,12H,1-6H2,(H2,27,29)(H,28,32). The van der Waals surface area contributed by atoms with Crippen molar-refractivity contribution in [3.8, 4) is 17.0 Å². The van der Waals surface area contributed by atoms with Crippen molar-refractivity contribution in [2.45, 2.75) is 44.3 Å². The molecule has 0 bridgehead atoms. The van der Waals surface area contributed by atoms with Crippen LogP contribution in [0.4, 0.5) is 23.9 Å². The van der Waals surface area contributed by atoms with Gasteiger partial charge in [0.05, 0.1) is 28.4 Å². The quantitative estimate of drug-likeness (QED) is 0.415. The summed E-state index contributed by atoms with van der Waals surface area (Å²) in [5.41, 5.74) is 6.86. The molecule has 1 fully saturated rings. The van der Waals surface area contributed by atoms with Crippen LogP contribution in [0.5, 0.6) is 5.75 Å². The molecule has 12 heteroatoms. The van der Waals surface area contributed by atoms with Gasteiger partial charge in [0.1, 0.15) is 5.75 Å². The third kappa shape index (κ3) is 5.44. The molecule has 0 aliphatic heterocycles. The lowest BCUT2D eigenvalue weighted by molar-refractivity contribution is -0.136. The molecule has 3 aromatic rings. The topological polar surface area (TPSA) is 95.1 Å². The van der Waals surface area contributed by atoms with Gasteiger partial charge in [-0.3, -0.25) is 4.57 Å². The lowest BCUT2D eigenvalue weighted by Crippen LogP contribution is -2.41. The van der Waals surface area contributed by atoms with Gasteiger partial charge in [0.2, 0.25) is 5.95 Å². The Bertz CT molecular complexity index is 1190. The molecule has 1 saturated carbocycles. The number of hydrogen-bond donors (Lipinski definition) is 2. The first kappa shape index (κ1) is 23.4. The van der Waals surface area contributed by atoms with Crippen LogP contribution in [0.3, 0.4) is 0 Å². The molecule has 0 saturated heterocycles. The van der Waals surface area contributed by atoms with Gasteiger partial charge in [-0.15, -0.1) is 0 Å². The van der Waals surface area contributed by atoms with Gasteiger partial charge in [-0.05, 0) is 37.8 Å². The number of nitrogens with one attached hydrogen (secondary N) is 1. The molecule has 1 aromatic carbocycles. The van der Waals surface area contributed by atoms with Crippen molar-refractivity contribution in [1.82, 2.24) is 19.9 Å². The van der Waals surface area contributed by atoms with Crippen molar-refractivity contribution in [3.05, 3.63) is 34.6 Å². The van der Waals surface area contributed by atoms with Crippen molar-refractivity contribution in [2.24, 2.45) is 0 Å². The number of anilines is 1. The highest BCUT2D eigenvalue weighted by Crippen LogP contribution is 2.41. The van der Waals surface area contributed by atoms with Crippen molar-refractivity contribution in [2.75, 3.05) is 12.3 Å². The highest BCUT2D eigenvalue weighted by Gasteiger charge is 2.27. The first-order chi connectivity index (χ1) is 15.6. The van der Waals surface area contributed by atoms with Crippen molar-refractivity contribution in [3.63, 3.8) is 0 Å². The average Bonchev–Trinajstić information content (AvgIpc) is 3.10. The van der Waals surface area contributed by atoms with Gasteiger partial charge in [-0.25, -0.2) is 14.8 Å². The predicted molar refractivity (Wildman–Crippen MR) is 120 cm³/mol. The van der Waals surface area contributed by atoms with E-state index in [9.17, 15) is 18.0 Å². The number of carbonyl (C=O) groups is 1. The Balaban J connectivity index is 1.70. The molecule has 2 aromatic heterocycles. The molecule has 2 heterocycles. The summed E-state index contributed by atoms with van der Waals surface area (Å²) >= 11 is 12.5. The number of alkyl halides is 3. The van der Waals surface area contributed by atoms with E-state index in [1.807, 2.05) is 0 Å². The average molecular weight is 502 g/mol. The van der Waals surface area contributed by atoms with E-state index in [-0.39, 0.29) is 52.5 Å². The molecule has 4 rings (SSSR count). The third-order valence-corrected chi connectivity index (χ3v) is 5.82. The number of ether oxygens (including phenoxy) is 1. The maximum Gasteiger partial charge on any atom is 0.389 e. The molecule has 0 spiro atoms. The maximum absolute atomic E-state index is 12.6. The number of halogens is 5. The Kier molecular flexibility index (Phi) is 6.58. The molecule has 3 N–H and O–H groups in total. The van der Waals surface area contributed by atoms with E-state index in [1.165, 1.54) is 22.9 Å². The highest BCUT2D eigenvalue weighted by molar-refractivity contribution is 6.37. The summed E-state index contributed by atoms with van der Waals surface area (Å²) in [5, 5.41) is 3.81. The Morgan fingerprint density at radius 3 is 2.67 bits per heavy atom. The van der Waals surface area contributed by atoms with Crippen LogP contribution < -0.4 is 15.8 Å². The van der Waals surface area contributed by atoms with Crippen LogP contribution in [-0.2, 0) is 0 Å². The number of benzene rings is 1. The van der Waals surface area contributed by atoms with E-state index in [0.29, 0.717) is 16.5 Å². The van der Waals surface area contributed by atoms with Crippen LogP contribution >= 0.6 is 23.2 Å². The lowest BCUT2D eigenvalue weighted by atomic mass is 9.93. The minimum absolute atomic E-state index is 0.0660. The van der Waals surface area contributed by atoms with Crippen molar-refractivity contribution < 1.29 is 22.7 Å². The van der Waals surface area contributed by atoms with Gasteiger partial charge < -0.3 is 15.8 Å². The summed E-state index contributed by atoms with van der Waals surface area (Å²) in [6.45, 7) is -0.211. The summed E-state index contributed by atoms with van der Waals surface area (Å²) in [6.07, 6.45) is 0.501. The number of amides is 1. The normalized spacial score (nSPS) is 14.3. The fourth-order valence-corrected chi connectivity index (χ4v) is 4.06. The number of nitrogens with two attached hydrogens (primary N) is 1. The molecular weight excluding hydrogens is 482 g/mol. The molecule has 176 valence electrons. The molecule has 33 heavy (non-hydrogen) atoms. The summed E-state index contributed by atoms with van der Waals surface area (Å²) in [5.74, 6) is 0.0874. The number of nitrogens with zero attached hydrogens (tertiary/aromatic N) is 3. The van der Waals surface area contributed by atoms with Gasteiger partial charge >= 0.3 is 12.2 Å². The Hall–Kier alpha value is -2.72. The Morgan fingerprint density at radius 2 is 2.00 bits per heavy atom. The second-order valence-corrected chi connectivity index (χ2v) is 8.64. The van der Waals surface area contributed by atoms with E-state index in [1.54, 1.807) is 6.20 Å². The van der Waals surface area contributed by atoms with Crippen LogP contribution in [0.25, 0.3) is 22.2 Å². The lowest BCUT2D eigenvalue weighted by Gasteiger charge is -2.26. The molecule has 7 nitrogen and oxygen atoms in total. The molecule has 1 aliphatic carbocycles. The van der Waals surface area contributed by atoms with Crippen molar-refractivity contribution >= 4 is 46.1 Å². The molecule has 0 unspecified atom stereocenters. The van der Waals surface area contributed by atoms with E-state index in [4.69, 9.17) is 33.7 Å². The van der Waals surface area contributed by atoms with Crippen LogP contribution in [0.1, 0.15) is 32.1 Å². The van der Waals surface area contributed by atoms with Crippen LogP contribution in [0, 0.1) is 0 Å². The summed E-state index contributed by atoms with van der Waals surface area (Å²) < 4.78 is 44.4. The van der Waals surface area contributed by atoms with Crippen LogP contribution in [0.2, 0.25) is 10.0 Å². The monoisotopic (exact) mass is 501 g/mol. The predicted octanol–water partition coefficient (Wildman–Crippen LogP) is 5.82. The van der Waals surface area contributed by atoms with E-state index in [2.05, 4.69) is 15.3 Å². The summed E-state index contributed by atoms with van der Waals surface area (Å²) in [6, 6.07) is 2.74. The zero-order valence-electron chi connectivity index (χ0n) is 17.3. The van der Waals surface area contributed by atoms with Gasteiger partial charge in [-0.1, -0.05) is 23.2 Å². The SMILES string of the molecule is Nc1nc(-c2c(Cl)cc(Cl)cc2OCCCC(F)(F)F)c2cn(C(=O)NC3CCC3)cc2n1. The third-order valence-electron chi connectivity index (χ3n) is 5.31. The number of nitrogen functional groups attached to an aromatic ring is 1. The zero-order valence-corrected chi connectivity index (χ0v) is 18.8. The second-order valence-electron chi connectivity index (χ2n) is 7.80. The molecule has 0 radical (unpaired) electrons. The van der Waals surface area contributed by atoms with E-state index >= 15 is 0 Å². The Labute approximate surface area is 197 Å². The molecule has 1 amide bonds. The summed E-state index contributed by atoms with van der Waals surface area (Å²) in [4.78, 5) is 21.1. The van der Waals surface area contributed by atoms with E-state index in [0.717, 1.165) is 19.3 Å². The number of fused-ring (bicyclic) bond motifs is 1. The molecule has 0 atom stereocenters. The van der Waals surface area contributed by atoms with Crippen LogP contribution in [0.15, 0.2) is 24.5 Å². The second kappa shape index (κ2) is 9.26. The number of rotatable bonds is 6. The fourth-order valence-electron chi connectivity index (χ4n) is 3.50. The maximum atomic E-state index is 12.6. The zero-order chi connectivity index (χ0) is 23.8. The van der Waals surface area contributed by atoms with Gasteiger partial charge in [0.15, 0.2) is 0 Å². The minimum Gasteiger partial charge on any atom is -0.493 e. The Morgan fingerprint density at radius 1 is 1.24 bits per heavy atom. The molecule has 1 aliphatic rings. The van der Waals surface area contributed by atoms with Crippen LogP contribution in [-0.4, -0.2) is 39.4 Å². The fraction of sp³-hybridized carbons (Fsp3) is 0.381. The van der Waals surface area contributed by atoms with Gasteiger partial charge in [0.25, 0.3) is 0 Å². The first-order valence-electron chi connectivity index (χ1n) is 10.3. The largest absolute Gasteiger partial charge is 0.493 e. The first-order valence-corrected chi connectivity index (χ1v) is 11.0. The smallest absolute Gasteiger partial charge is 0.389 e. The molecular formula is C21H20Cl2F3N5O2. The number of aromatic nitrogens is 3. The summed E-state index contributed by atoms with van der Waals surface area (Å²) in [7, 11) is 0. The van der Waals surface area contributed by atoms with Gasteiger partial charge in [0, 0.05) is 35.3 Å². The van der Waals surface area contributed by atoms with Crippen molar-refractivity contribution in [1.29, 1.82) is 0 Å². The number of carbonyl (C=O) groups excluding carboxylic acids is 1. The number of hydrogen-bond acceptors (Lipinski definition) is 5. The minimum atomic E-state index is -4.28. The highest BCUT2D eigenvalue weighted by atomic mass is 35.5. The van der Waals surface area contributed by atoms with E-state index < -0.39 is 12.6 Å². The van der Waals surface area contributed by atoms with Gasteiger partial charge in [-0.2, -0.15) is 13.2 Å².